The van der Waals surface area contributed by atoms with Crippen molar-refractivity contribution in [1.29, 1.82) is 0 Å². The van der Waals surface area contributed by atoms with E-state index >= 15 is 0 Å². The van der Waals surface area contributed by atoms with Gasteiger partial charge in [0, 0.05) is 43.5 Å². The molecule has 3 rings (SSSR count). The summed E-state index contributed by atoms with van der Waals surface area (Å²) in [6.07, 6.45) is 1.55. The molecule has 1 aromatic heterocycles. The van der Waals surface area contributed by atoms with Gasteiger partial charge < -0.3 is 20.0 Å². The quantitative estimate of drug-likeness (QED) is 0.873. The second kappa shape index (κ2) is 6.96. The summed E-state index contributed by atoms with van der Waals surface area (Å²) in [4.78, 5) is 25.3. The van der Waals surface area contributed by atoms with Crippen LogP contribution in [0.5, 0.6) is 0 Å². The zero-order valence-electron chi connectivity index (χ0n) is 14.6. The van der Waals surface area contributed by atoms with Crippen molar-refractivity contribution in [3.63, 3.8) is 0 Å². The number of hydrogen-bond donors (Lipinski definition) is 2. The summed E-state index contributed by atoms with van der Waals surface area (Å²) in [6.45, 7) is 6.62. The number of amides is 3. The molecule has 0 aliphatic carbocycles. The van der Waals surface area contributed by atoms with Crippen LogP contribution in [0.1, 0.15) is 31.6 Å². The number of nitrogens with zero attached hydrogens (tertiary/aromatic N) is 1. The third-order valence-corrected chi connectivity index (χ3v) is 4.83. The Kier molecular flexibility index (Phi) is 4.90. The van der Waals surface area contributed by atoms with E-state index in [2.05, 4.69) is 10.6 Å². The number of carbonyl (C=O) groups excluding carboxylic acids is 2. The van der Waals surface area contributed by atoms with Gasteiger partial charge in [0.25, 0.3) is 0 Å². The molecule has 3 amide bonds. The van der Waals surface area contributed by atoms with Gasteiger partial charge in [-0.2, -0.15) is 0 Å². The predicted octanol–water partition coefficient (Wildman–Crippen LogP) is 3.70. The number of fused-ring (bicyclic) bond motifs is 1. The minimum atomic E-state index is -0.194. The van der Waals surface area contributed by atoms with E-state index in [4.69, 9.17) is 16.0 Å². The third-order valence-electron chi connectivity index (χ3n) is 4.55. The van der Waals surface area contributed by atoms with E-state index in [1.165, 1.54) is 6.92 Å². The van der Waals surface area contributed by atoms with Crippen molar-refractivity contribution in [1.82, 2.24) is 10.2 Å². The molecular weight excluding hydrogens is 342 g/mol. The fourth-order valence-electron chi connectivity index (χ4n) is 3.29. The molecule has 2 heterocycles. The van der Waals surface area contributed by atoms with Crippen molar-refractivity contribution in [3.05, 3.63) is 28.5 Å². The lowest BCUT2D eigenvalue weighted by Gasteiger charge is -2.18. The summed E-state index contributed by atoms with van der Waals surface area (Å²) in [6, 6.07) is 3.40. The molecule has 0 bridgehead atoms. The topological polar surface area (TPSA) is 74.6 Å². The minimum absolute atomic E-state index is 0.0116. The van der Waals surface area contributed by atoms with E-state index < -0.39 is 0 Å². The molecule has 1 aliphatic heterocycles. The molecule has 134 valence electrons. The molecule has 1 aliphatic rings. The number of carbonyl (C=O) groups is 2. The Labute approximate surface area is 151 Å². The van der Waals surface area contributed by atoms with Gasteiger partial charge in [-0.3, -0.25) is 4.79 Å². The van der Waals surface area contributed by atoms with Crippen LogP contribution in [0.3, 0.4) is 0 Å². The number of anilines is 1. The Balaban J connectivity index is 1.75. The average molecular weight is 364 g/mol. The lowest BCUT2D eigenvalue weighted by molar-refractivity contribution is -0.119. The van der Waals surface area contributed by atoms with Gasteiger partial charge in [0.15, 0.2) is 5.58 Å². The molecular formula is C18H22ClN3O3. The van der Waals surface area contributed by atoms with Crippen LogP contribution in [0.2, 0.25) is 5.02 Å². The van der Waals surface area contributed by atoms with Crippen molar-refractivity contribution in [2.45, 2.75) is 39.7 Å². The fourth-order valence-corrected chi connectivity index (χ4v) is 3.55. The number of likely N-dealkylation sites (tertiary alicyclic amines) is 1. The standard InChI is InChI=1S/C18H22ClN3O3/c1-4-16-10(2)14-7-13(8-15(19)17(14)25-16)21-18(24)22-6-5-12(9-22)20-11(3)23/h7-8,12H,4-6,9H2,1-3H3,(H,20,23)(H,21,24). The van der Waals surface area contributed by atoms with E-state index in [1.807, 2.05) is 19.9 Å². The second-order valence-electron chi connectivity index (χ2n) is 6.40. The highest BCUT2D eigenvalue weighted by atomic mass is 35.5. The van der Waals surface area contributed by atoms with Gasteiger partial charge in [-0.05, 0) is 31.0 Å². The summed E-state index contributed by atoms with van der Waals surface area (Å²) in [5.74, 6) is 0.824. The summed E-state index contributed by atoms with van der Waals surface area (Å²) >= 11 is 6.32. The number of aryl methyl sites for hydroxylation is 2. The Bertz CT molecular complexity index is 831. The van der Waals surface area contributed by atoms with Gasteiger partial charge in [-0.25, -0.2) is 4.79 Å². The van der Waals surface area contributed by atoms with E-state index in [-0.39, 0.29) is 18.0 Å². The largest absolute Gasteiger partial charge is 0.459 e. The normalized spacial score (nSPS) is 17.1. The third kappa shape index (κ3) is 3.58. The molecule has 2 N–H and O–H groups in total. The average Bonchev–Trinajstić information content (AvgIpc) is 3.12. The van der Waals surface area contributed by atoms with Crippen LogP contribution in [-0.2, 0) is 11.2 Å². The number of benzene rings is 1. The molecule has 0 saturated carbocycles. The van der Waals surface area contributed by atoms with Crippen LogP contribution in [0.25, 0.3) is 11.0 Å². The highest BCUT2D eigenvalue weighted by Gasteiger charge is 2.27. The smallest absolute Gasteiger partial charge is 0.321 e. The van der Waals surface area contributed by atoms with E-state index in [0.717, 1.165) is 29.6 Å². The van der Waals surface area contributed by atoms with Gasteiger partial charge in [-0.15, -0.1) is 0 Å². The zero-order valence-corrected chi connectivity index (χ0v) is 15.4. The van der Waals surface area contributed by atoms with Gasteiger partial charge in [-0.1, -0.05) is 18.5 Å². The van der Waals surface area contributed by atoms with Gasteiger partial charge in [0.05, 0.1) is 5.02 Å². The fraction of sp³-hybridized carbons (Fsp3) is 0.444. The second-order valence-corrected chi connectivity index (χ2v) is 6.81. The lowest BCUT2D eigenvalue weighted by Crippen LogP contribution is -2.38. The van der Waals surface area contributed by atoms with Crippen LogP contribution in [0, 0.1) is 6.92 Å². The van der Waals surface area contributed by atoms with Crippen molar-refractivity contribution in [2.24, 2.45) is 0 Å². The molecule has 2 aromatic rings. The zero-order chi connectivity index (χ0) is 18.1. The number of urea groups is 1. The van der Waals surface area contributed by atoms with Crippen molar-refractivity contribution >= 4 is 40.2 Å². The monoisotopic (exact) mass is 363 g/mol. The first-order valence-electron chi connectivity index (χ1n) is 8.43. The molecule has 0 spiro atoms. The van der Waals surface area contributed by atoms with E-state index in [0.29, 0.717) is 29.4 Å². The summed E-state index contributed by atoms with van der Waals surface area (Å²) in [5.41, 5.74) is 2.33. The van der Waals surface area contributed by atoms with E-state index in [1.54, 1.807) is 11.0 Å². The van der Waals surface area contributed by atoms with Crippen LogP contribution in [0.4, 0.5) is 10.5 Å². The van der Waals surface area contributed by atoms with Crippen LogP contribution in [0.15, 0.2) is 16.5 Å². The number of furan rings is 1. The van der Waals surface area contributed by atoms with Crippen molar-refractivity contribution < 1.29 is 14.0 Å². The lowest BCUT2D eigenvalue weighted by atomic mass is 10.1. The maximum absolute atomic E-state index is 12.5. The highest BCUT2D eigenvalue weighted by Crippen LogP contribution is 2.34. The molecule has 1 atom stereocenters. The van der Waals surface area contributed by atoms with Gasteiger partial charge in [0.2, 0.25) is 5.91 Å². The van der Waals surface area contributed by atoms with Crippen LogP contribution < -0.4 is 10.6 Å². The van der Waals surface area contributed by atoms with Crippen molar-refractivity contribution in [3.8, 4) is 0 Å². The first-order chi connectivity index (χ1) is 11.9. The molecule has 1 unspecified atom stereocenters. The molecule has 1 aromatic carbocycles. The number of rotatable bonds is 3. The summed E-state index contributed by atoms with van der Waals surface area (Å²) < 4.78 is 5.79. The molecule has 0 radical (unpaired) electrons. The minimum Gasteiger partial charge on any atom is -0.459 e. The van der Waals surface area contributed by atoms with Gasteiger partial charge in [0.1, 0.15) is 5.76 Å². The SMILES string of the molecule is CCc1oc2c(Cl)cc(NC(=O)N3CCC(NC(C)=O)C3)cc2c1C. The van der Waals surface area contributed by atoms with Gasteiger partial charge >= 0.3 is 6.03 Å². The summed E-state index contributed by atoms with van der Waals surface area (Å²) in [5, 5.41) is 7.13. The Hall–Kier alpha value is -2.21. The predicted molar refractivity (Wildman–Crippen MR) is 98.2 cm³/mol. The molecule has 1 saturated heterocycles. The Morgan fingerprint density at radius 2 is 2.16 bits per heavy atom. The first kappa shape index (κ1) is 17.6. The maximum Gasteiger partial charge on any atom is 0.321 e. The maximum atomic E-state index is 12.5. The first-order valence-corrected chi connectivity index (χ1v) is 8.81. The summed E-state index contributed by atoms with van der Waals surface area (Å²) in [7, 11) is 0. The molecule has 7 heteroatoms. The van der Waals surface area contributed by atoms with Crippen molar-refractivity contribution in [2.75, 3.05) is 18.4 Å². The molecule has 6 nitrogen and oxygen atoms in total. The van der Waals surface area contributed by atoms with Crippen LogP contribution >= 0.6 is 11.6 Å². The van der Waals surface area contributed by atoms with E-state index in [9.17, 15) is 9.59 Å². The number of halogens is 1. The number of hydrogen-bond acceptors (Lipinski definition) is 3. The highest BCUT2D eigenvalue weighted by molar-refractivity contribution is 6.35. The molecule has 1 fully saturated rings. The molecule has 25 heavy (non-hydrogen) atoms. The number of nitrogens with one attached hydrogen (secondary N) is 2. The van der Waals surface area contributed by atoms with Crippen LogP contribution in [-0.4, -0.2) is 36.0 Å². The Morgan fingerprint density at radius 1 is 1.40 bits per heavy atom. The Morgan fingerprint density at radius 3 is 2.84 bits per heavy atom.